The largest absolute Gasteiger partial charge is 0.454 e. The van der Waals surface area contributed by atoms with Gasteiger partial charge in [-0.05, 0) is 30.3 Å². The van der Waals surface area contributed by atoms with Gasteiger partial charge in [-0.2, -0.15) is 0 Å². The molecule has 6 nitrogen and oxygen atoms in total. The molecule has 0 bridgehead atoms. The summed E-state index contributed by atoms with van der Waals surface area (Å²) in [5.41, 5.74) is 3.15. The van der Waals surface area contributed by atoms with E-state index in [2.05, 4.69) is 10.3 Å². The average molecular weight is 363 g/mol. The normalized spacial score (nSPS) is 12.5. The lowest BCUT2D eigenvalue weighted by atomic mass is 10.1. The van der Waals surface area contributed by atoms with E-state index < -0.39 is 0 Å². The average Bonchev–Trinajstić information content (AvgIpc) is 3.37. The number of hydrogen-bond acceptors (Lipinski definition) is 5. The number of anilines is 1. The van der Waals surface area contributed by atoms with Crippen LogP contribution in [0.4, 0.5) is 5.69 Å². The second-order valence-electron chi connectivity index (χ2n) is 5.82. The fraction of sp³-hybridized carbons (Fsp3) is 0.0526. The predicted octanol–water partition coefficient (Wildman–Crippen LogP) is 4.04. The van der Waals surface area contributed by atoms with Crippen LogP contribution in [0.3, 0.4) is 0 Å². The van der Waals surface area contributed by atoms with Crippen molar-refractivity contribution in [2.45, 2.75) is 0 Å². The van der Waals surface area contributed by atoms with Crippen LogP contribution in [-0.4, -0.2) is 22.1 Å². The van der Waals surface area contributed by atoms with Crippen molar-refractivity contribution in [2.75, 3.05) is 12.1 Å². The SMILES string of the molecule is O=C(Nc1ccc(-c2cn3ccsc3n2)cc1)c1ccc2c(c1)OCO2. The molecule has 4 aromatic rings. The third kappa shape index (κ3) is 2.58. The number of rotatable bonds is 3. The van der Waals surface area contributed by atoms with Gasteiger partial charge in [0.05, 0.1) is 5.69 Å². The van der Waals surface area contributed by atoms with E-state index >= 15 is 0 Å². The number of carbonyl (C=O) groups is 1. The molecule has 0 aliphatic carbocycles. The summed E-state index contributed by atoms with van der Waals surface area (Å²) in [5.74, 6) is 1.05. The van der Waals surface area contributed by atoms with E-state index in [0.717, 1.165) is 21.9 Å². The molecule has 3 heterocycles. The minimum absolute atomic E-state index is 0.188. The van der Waals surface area contributed by atoms with Crippen molar-refractivity contribution in [1.29, 1.82) is 0 Å². The maximum atomic E-state index is 12.4. The summed E-state index contributed by atoms with van der Waals surface area (Å²) in [6, 6.07) is 12.8. The van der Waals surface area contributed by atoms with Gasteiger partial charge in [-0.3, -0.25) is 9.20 Å². The molecular weight excluding hydrogens is 350 g/mol. The molecule has 0 spiro atoms. The van der Waals surface area contributed by atoms with E-state index in [-0.39, 0.29) is 12.7 Å². The molecule has 7 heteroatoms. The lowest BCUT2D eigenvalue weighted by molar-refractivity contribution is 0.102. The smallest absolute Gasteiger partial charge is 0.255 e. The Balaban J connectivity index is 1.34. The first-order chi connectivity index (χ1) is 12.8. The first kappa shape index (κ1) is 15.0. The topological polar surface area (TPSA) is 64.9 Å². The van der Waals surface area contributed by atoms with Crippen molar-refractivity contribution in [3.8, 4) is 22.8 Å². The summed E-state index contributed by atoms with van der Waals surface area (Å²) < 4.78 is 12.6. The summed E-state index contributed by atoms with van der Waals surface area (Å²) in [7, 11) is 0. The third-order valence-corrected chi connectivity index (χ3v) is 4.94. The summed E-state index contributed by atoms with van der Waals surface area (Å²) in [6.45, 7) is 0.188. The van der Waals surface area contributed by atoms with Gasteiger partial charge >= 0.3 is 0 Å². The molecule has 26 heavy (non-hydrogen) atoms. The first-order valence-corrected chi connectivity index (χ1v) is 8.88. The zero-order valence-electron chi connectivity index (χ0n) is 13.5. The Morgan fingerprint density at radius 3 is 2.81 bits per heavy atom. The molecule has 1 N–H and O–H groups in total. The van der Waals surface area contributed by atoms with Crippen molar-refractivity contribution < 1.29 is 14.3 Å². The van der Waals surface area contributed by atoms with Crippen LogP contribution in [0.15, 0.2) is 60.2 Å². The van der Waals surface area contributed by atoms with E-state index in [4.69, 9.17) is 9.47 Å². The van der Waals surface area contributed by atoms with E-state index in [9.17, 15) is 4.79 Å². The Kier molecular flexibility index (Phi) is 3.39. The molecule has 0 unspecified atom stereocenters. The van der Waals surface area contributed by atoms with E-state index in [1.807, 2.05) is 46.4 Å². The Morgan fingerprint density at radius 1 is 1.12 bits per heavy atom. The molecule has 1 aliphatic rings. The third-order valence-electron chi connectivity index (χ3n) is 4.17. The lowest BCUT2D eigenvalue weighted by Gasteiger charge is -2.07. The fourth-order valence-electron chi connectivity index (χ4n) is 2.83. The van der Waals surface area contributed by atoms with Crippen LogP contribution < -0.4 is 14.8 Å². The second-order valence-corrected chi connectivity index (χ2v) is 6.69. The summed E-state index contributed by atoms with van der Waals surface area (Å²) in [4.78, 5) is 18.0. The Hall–Kier alpha value is -3.32. The van der Waals surface area contributed by atoms with E-state index in [0.29, 0.717) is 17.1 Å². The van der Waals surface area contributed by atoms with Crippen LogP contribution in [0.2, 0.25) is 0 Å². The number of thiazole rings is 1. The molecule has 1 aliphatic heterocycles. The number of carbonyl (C=O) groups excluding carboxylic acids is 1. The van der Waals surface area contributed by atoms with Gasteiger partial charge in [-0.1, -0.05) is 12.1 Å². The molecule has 0 radical (unpaired) electrons. The summed E-state index contributed by atoms with van der Waals surface area (Å²) >= 11 is 1.60. The summed E-state index contributed by atoms with van der Waals surface area (Å²) in [6.07, 6.45) is 3.97. The maximum Gasteiger partial charge on any atom is 0.255 e. The quantitative estimate of drug-likeness (QED) is 0.596. The van der Waals surface area contributed by atoms with Crippen LogP contribution in [0.25, 0.3) is 16.2 Å². The number of aromatic nitrogens is 2. The molecule has 128 valence electrons. The van der Waals surface area contributed by atoms with Gasteiger partial charge in [0.25, 0.3) is 5.91 Å². The second kappa shape index (κ2) is 5.89. The minimum atomic E-state index is -0.196. The molecule has 5 rings (SSSR count). The minimum Gasteiger partial charge on any atom is -0.454 e. The van der Waals surface area contributed by atoms with E-state index in [1.54, 1.807) is 29.5 Å². The Morgan fingerprint density at radius 2 is 1.96 bits per heavy atom. The van der Waals surface area contributed by atoms with Crippen molar-refractivity contribution in [1.82, 2.24) is 9.38 Å². The highest BCUT2D eigenvalue weighted by Gasteiger charge is 2.16. The first-order valence-electron chi connectivity index (χ1n) is 8.00. The van der Waals surface area contributed by atoms with Crippen LogP contribution in [0, 0.1) is 0 Å². The van der Waals surface area contributed by atoms with E-state index in [1.165, 1.54) is 0 Å². The Bertz CT molecular complexity index is 1090. The number of nitrogens with zero attached hydrogens (tertiary/aromatic N) is 2. The van der Waals surface area contributed by atoms with Crippen LogP contribution >= 0.6 is 11.3 Å². The number of fused-ring (bicyclic) bond motifs is 2. The molecule has 0 saturated heterocycles. The van der Waals surface area contributed by atoms with Gasteiger partial charge in [-0.15, -0.1) is 11.3 Å². The van der Waals surface area contributed by atoms with Gasteiger partial charge in [-0.25, -0.2) is 4.98 Å². The van der Waals surface area contributed by atoms with Crippen molar-refractivity contribution in [3.63, 3.8) is 0 Å². The zero-order valence-corrected chi connectivity index (χ0v) is 14.3. The van der Waals surface area contributed by atoms with Crippen LogP contribution in [0.1, 0.15) is 10.4 Å². The highest BCUT2D eigenvalue weighted by atomic mass is 32.1. The number of hydrogen-bond donors (Lipinski definition) is 1. The monoisotopic (exact) mass is 363 g/mol. The number of imidazole rings is 1. The molecule has 2 aromatic heterocycles. The van der Waals surface area contributed by atoms with Crippen LogP contribution in [0.5, 0.6) is 11.5 Å². The molecule has 2 aromatic carbocycles. The fourth-order valence-corrected chi connectivity index (χ4v) is 3.53. The van der Waals surface area contributed by atoms with Crippen molar-refractivity contribution in [3.05, 3.63) is 65.8 Å². The standard InChI is InChI=1S/C19H13N3O3S/c23-18(13-3-6-16-17(9-13)25-11-24-16)20-14-4-1-12(2-5-14)15-10-22-7-8-26-19(22)21-15/h1-10H,11H2,(H,20,23). The molecule has 0 saturated carbocycles. The maximum absolute atomic E-state index is 12.4. The number of benzene rings is 2. The highest BCUT2D eigenvalue weighted by Crippen LogP contribution is 2.32. The number of amides is 1. The molecule has 0 atom stereocenters. The molecule has 1 amide bonds. The van der Waals surface area contributed by atoms with Gasteiger partial charge in [0.2, 0.25) is 6.79 Å². The van der Waals surface area contributed by atoms with Gasteiger partial charge in [0, 0.05) is 34.6 Å². The van der Waals surface area contributed by atoms with Gasteiger partial charge in [0.15, 0.2) is 16.5 Å². The number of nitrogens with one attached hydrogen (secondary N) is 1. The van der Waals surface area contributed by atoms with Gasteiger partial charge < -0.3 is 14.8 Å². The van der Waals surface area contributed by atoms with Crippen molar-refractivity contribution in [2.24, 2.45) is 0 Å². The van der Waals surface area contributed by atoms with Crippen molar-refractivity contribution >= 4 is 27.9 Å². The summed E-state index contributed by atoms with van der Waals surface area (Å²) in [5, 5.41) is 4.89. The molecular formula is C19H13N3O3S. The van der Waals surface area contributed by atoms with Crippen LogP contribution in [-0.2, 0) is 0 Å². The molecule has 0 fully saturated rings. The Labute approximate surface area is 152 Å². The van der Waals surface area contributed by atoms with Gasteiger partial charge in [0.1, 0.15) is 0 Å². The lowest BCUT2D eigenvalue weighted by Crippen LogP contribution is -2.11. The zero-order chi connectivity index (χ0) is 17.5. The predicted molar refractivity (Wildman–Crippen MR) is 99.0 cm³/mol. The highest BCUT2D eigenvalue weighted by molar-refractivity contribution is 7.15. The number of ether oxygens (including phenoxy) is 2.